The van der Waals surface area contributed by atoms with E-state index in [1.807, 2.05) is 13.0 Å². The van der Waals surface area contributed by atoms with Crippen molar-refractivity contribution in [1.29, 1.82) is 5.26 Å². The summed E-state index contributed by atoms with van der Waals surface area (Å²) >= 11 is 1.41. The van der Waals surface area contributed by atoms with Crippen LogP contribution in [0.15, 0.2) is 41.7 Å². The first kappa shape index (κ1) is 20.0. The molecule has 1 aliphatic rings. The van der Waals surface area contributed by atoms with E-state index in [0.717, 1.165) is 6.07 Å². The molecule has 0 radical (unpaired) electrons. The zero-order valence-electron chi connectivity index (χ0n) is 16.3. The van der Waals surface area contributed by atoms with Gasteiger partial charge in [0.15, 0.2) is 22.6 Å². The minimum absolute atomic E-state index is 0.116. The molecule has 1 aliphatic heterocycles. The van der Waals surface area contributed by atoms with Crippen LogP contribution < -0.4 is 11.1 Å². The third kappa shape index (κ3) is 3.66. The summed E-state index contributed by atoms with van der Waals surface area (Å²) in [5, 5.41) is 13.2. The number of aliphatic imine (C=N–C) groups is 1. The van der Waals surface area contributed by atoms with E-state index in [9.17, 15) is 8.78 Å². The zero-order valence-corrected chi connectivity index (χ0v) is 17.1. The zero-order chi connectivity index (χ0) is 21.5. The highest BCUT2D eigenvalue weighted by Crippen LogP contribution is 2.41. The fourth-order valence-corrected chi connectivity index (χ4v) is 4.77. The smallest absolute Gasteiger partial charge is 0.164 e. The molecule has 2 aromatic heterocycles. The Morgan fingerprint density at radius 3 is 2.83 bits per heavy atom. The molecule has 0 unspecified atom stereocenters. The topological polar surface area (TPSA) is 100.0 Å². The second-order valence-corrected chi connectivity index (χ2v) is 8.83. The maximum atomic E-state index is 14.8. The maximum Gasteiger partial charge on any atom is 0.164 e. The second-order valence-electron chi connectivity index (χ2n) is 7.37. The molecule has 4 rings (SSSR count). The van der Waals surface area contributed by atoms with Crippen molar-refractivity contribution < 1.29 is 8.78 Å². The first-order chi connectivity index (χ1) is 14.3. The number of anilines is 2. The van der Waals surface area contributed by atoms with Crippen LogP contribution in [-0.2, 0) is 5.54 Å². The molecule has 30 heavy (non-hydrogen) atoms. The van der Waals surface area contributed by atoms with Crippen molar-refractivity contribution in [1.82, 2.24) is 9.97 Å². The number of nitrogens with zero attached hydrogens (tertiary/aromatic N) is 4. The summed E-state index contributed by atoms with van der Waals surface area (Å²) in [6, 6.07) is 8.05. The largest absolute Gasteiger partial charge is 0.379 e. The molecule has 2 atom stereocenters. The van der Waals surface area contributed by atoms with Gasteiger partial charge in [-0.2, -0.15) is 5.26 Å². The van der Waals surface area contributed by atoms with E-state index in [2.05, 4.69) is 20.3 Å². The third-order valence-corrected chi connectivity index (χ3v) is 5.87. The number of nitriles is 1. The highest BCUT2D eigenvalue weighted by atomic mass is 32.2. The van der Waals surface area contributed by atoms with Gasteiger partial charge in [0, 0.05) is 40.3 Å². The lowest BCUT2D eigenvalue weighted by Gasteiger charge is -2.33. The van der Waals surface area contributed by atoms with Crippen LogP contribution in [0.4, 0.5) is 20.3 Å². The van der Waals surface area contributed by atoms with Gasteiger partial charge in [-0.05, 0) is 31.5 Å². The average Bonchev–Trinajstić information content (AvgIpc) is 2.69. The van der Waals surface area contributed by atoms with Gasteiger partial charge in [-0.25, -0.2) is 13.8 Å². The van der Waals surface area contributed by atoms with E-state index >= 15 is 0 Å². The molecule has 3 N–H and O–H groups in total. The molecule has 6 nitrogen and oxygen atoms in total. The first-order valence-electron chi connectivity index (χ1n) is 9.22. The fourth-order valence-electron chi connectivity index (χ4n) is 3.70. The third-order valence-electron chi connectivity index (χ3n) is 4.96. The van der Waals surface area contributed by atoms with Gasteiger partial charge >= 0.3 is 0 Å². The van der Waals surface area contributed by atoms with Gasteiger partial charge in [0.2, 0.25) is 0 Å². The number of pyridine rings is 2. The van der Waals surface area contributed by atoms with Gasteiger partial charge in [-0.3, -0.25) is 9.98 Å². The van der Waals surface area contributed by atoms with Crippen molar-refractivity contribution in [2.45, 2.75) is 31.1 Å². The number of hydrogen-bond acceptors (Lipinski definition) is 7. The van der Waals surface area contributed by atoms with Crippen LogP contribution in [0.25, 0.3) is 10.9 Å². The van der Waals surface area contributed by atoms with E-state index in [1.54, 1.807) is 25.3 Å². The molecule has 1 aromatic carbocycles. The number of thioether (sulfide) groups is 1. The van der Waals surface area contributed by atoms with Crippen LogP contribution in [0.5, 0.6) is 0 Å². The quantitative estimate of drug-likeness (QED) is 0.638. The summed E-state index contributed by atoms with van der Waals surface area (Å²) in [7, 11) is 0. The lowest BCUT2D eigenvalue weighted by atomic mass is 9.87. The predicted octanol–water partition coefficient (Wildman–Crippen LogP) is 4.58. The summed E-state index contributed by atoms with van der Waals surface area (Å²) in [5.41, 5.74) is 6.30. The fraction of sp³-hybridized carbons (Fsp3) is 0.238. The summed E-state index contributed by atoms with van der Waals surface area (Å²) in [6.45, 7) is 3.72. The lowest BCUT2D eigenvalue weighted by Crippen LogP contribution is -2.33. The van der Waals surface area contributed by atoms with Crippen LogP contribution in [0, 0.1) is 23.0 Å². The van der Waals surface area contributed by atoms with E-state index in [4.69, 9.17) is 11.0 Å². The molecular formula is C21H18F2N6S. The minimum atomic E-state index is -0.990. The molecule has 0 aliphatic carbocycles. The number of fused-ring (bicyclic) bond motifs is 1. The van der Waals surface area contributed by atoms with Crippen molar-refractivity contribution in [2.75, 3.05) is 5.32 Å². The monoisotopic (exact) mass is 424 g/mol. The molecule has 0 amide bonds. The Bertz CT molecular complexity index is 1220. The molecule has 3 aromatic rings. The molecule has 0 saturated heterocycles. The Hall–Kier alpha value is -3.25. The Balaban J connectivity index is 1.78. The standard InChI is InChI=1S/C21H18F2N6S/c1-11-8-21(2,29-20(25)30-11)15-6-14(7-16(22)17(15)23)28-19-18-13(3-4-26-19)5-12(9-24)10-27-18/h3-7,10-11H,8H2,1-2H3,(H2,25,29)(H,26,28)/t11-,21+/m1/s1. The minimum Gasteiger partial charge on any atom is -0.379 e. The van der Waals surface area contributed by atoms with Crippen molar-refractivity contribution in [3.8, 4) is 6.07 Å². The highest BCUT2D eigenvalue weighted by Gasteiger charge is 2.36. The highest BCUT2D eigenvalue weighted by molar-refractivity contribution is 8.14. The molecule has 0 bridgehead atoms. The summed E-state index contributed by atoms with van der Waals surface area (Å²) in [4.78, 5) is 13.0. The number of aromatic nitrogens is 2. The Kier molecular flexibility index (Phi) is 5.03. The normalized spacial score (nSPS) is 21.2. The van der Waals surface area contributed by atoms with Crippen molar-refractivity contribution in [3.05, 3.63) is 59.4 Å². The predicted molar refractivity (Wildman–Crippen MR) is 115 cm³/mol. The van der Waals surface area contributed by atoms with E-state index in [1.165, 1.54) is 24.0 Å². The Morgan fingerprint density at radius 2 is 2.10 bits per heavy atom. The average molecular weight is 424 g/mol. The molecule has 0 spiro atoms. The Labute approximate surface area is 176 Å². The number of benzene rings is 1. The van der Waals surface area contributed by atoms with Gasteiger partial charge in [-0.15, -0.1) is 0 Å². The molecule has 0 saturated carbocycles. The number of halogens is 2. The van der Waals surface area contributed by atoms with Crippen molar-refractivity contribution >= 4 is 39.3 Å². The summed E-state index contributed by atoms with van der Waals surface area (Å²) < 4.78 is 29.3. The van der Waals surface area contributed by atoms with Crippen LogP contribution >= 0.6 is 11.8 Å². The number of nitrogens with two attached hydrogens (primary N) is 1. The van der Waals surface area contributed by atoms with Crippen LogP contribution in [0.2, 0.25) is 0 Å². The molecule has 3 heterocycles. The van der Waals surface area contributed by atoms with Gasteiger partial charge in [0.25, 0.3) is 0 Å². The van der Waals surface area contributed by atoms with E-state index in [0.29, 0.717) is 39.6 Å². The molecule has 152 valence electrons. The number of hydrogen-bond donors (Lipinski definition) is 2. The van der Waals surface area contributed by atoms with Gasteiger partial charge in [0.05, 0.1) is 11.1 Å². The van der Waals surface area contributed by atoms with Gasteiger partial charge < -0.3 is 11.1 Å². The van der Waals surface area contributed by atoms with Gasteiger partial charge in [0.1, 0.15) is 11.6 Å². The van der Waals surface area contributed by atoms with Gasteiger partial charge in [-0.1, -0.05) is 18.7 Å². The number of amidine groups is 1. The Morgan fingerprint density at radius 1 is 1.30 bits per heavy atom. The number of rotatable bonds is 3. The molecule has 9 heteroatoms. The second kappa shape index (κ2) is 7.54. The van der Waals surface area contributed by atoms with Crippen molar-refractivity contribution in [2.24, 2.45) is 10.7 Å². The summed E-state index contributed by atoms with van der Waals surface area (Å²) in [6.07, 6.45) is 3.51. The lowest BCUT2D eigenvalue weighted by molar-refractivity contribution is 0.409. The first-order valence-corrected chi connectivity index (χ1v) is 10.1. The molecule has 0 fully saturated rings. The summed E-state index contributed by atoms with van der Waals surface area (Å²) in [5.74, 6) is -1.56. The maximum absolute atomic E-state index is 14.8. The van der Waals surface area contributed by atoms with Crippen LogP contribution in [0.1, 0.15) is 31.4 Å². The SMILES string of the molecule is C[C@@H]1C[C@@](C)(c2cc(Nc3nccc4cc(C#N)cnc34)cc(F)c2F)N=C(N)S1. The van der Waals surface area contributed by atoms with E-state index in [-0.39, 0.29) is 10.8 Å². The van der Waals surface area contributed by atoms with Crippen LogP contribution in [0.3, 0.4) is 0 Å². The van der Waals surface area contributed by atoms with Crippen molar-refractivity contribution in [3.63, 3.8) is 0 Å². The number of nitrogens with one attached hydrogen (secondary N) is 1. The molecular weight excluding hydrogens is 406 g/mol. The van der Waals surface area contributed by atoms with E-state index < -0.39 is 17.2 Å². The van der Waals surface area contributed by atoms with Crippen LogP contribution in [-0.4, -0.2) is 20.4 Å².